The number of carbonyl (C=O) groups excluding carboxylic acids is 2. The van der Waals surface area contributed by atoms with Crippen molar-refractivity contribution in [3.63, 3.8) is 0 Å². The van der Waals surface area contributed by atoms with Gasteiger partial charge in [-0.3, -0.25) is 0 Å². The molecule has 0 unspecified atom stereocenters. The highest BCUT2D eigenvalue weighted by Crippen LogP contribution is 2.39. The van der Waals surface area contributed by atoms with Gasteiger partial charge in [0.25, 0.3) is 0 Å². The Kier molecular flexibility index (Phi) is 7.41. The van der Waals surface area contributed by atoms with Crippen molar-refractivity contribution < 1.29 is 33.7 Å². The molecule has 0 radical (unpaired) electrons. The summed E-state index contributed by atoms with van der Waals surface area (Å²) >= 11 is 0. The normalized spacial score (nSPS) is 14.3. The third-order valence-corrected chi connectivity index (χ3v) is 4.33. The minimum Gasteiger partial charge on any atom is -0.482 e. The van der Waals surface area contributed by atoms with Crippen LogP contribution in [0.5, 0.6) is 5.75 Å². The first kappa shape index (κ1) is 22.0. The molecule has 0 aliphatic carbocycles. The zero-order chi connectivity index (χ0) is 21.6. The summed E-state index contributed by atoms with van der Waals surface area (Å²) in [5, 5.41) is 11.8. The third-order valence-electron chi connectivity index (χ3n) is 4.33. The van der Waals surface area contributed by atoms with Gasteiger partial charge in [-0.25, -0.2) is 14.4 Å². The second-order valence-electron chi connectivity index (χ2n) is 6.33. The molecule has 8 nitrogen and oxygen atoms in total. The fraction of sp³-hybridized carbons (Fsp3) is 0.381. The highest BCUT2D eigenvalue weighted by atomic mass is 16.5. The Labute approximate surface area is 169 Å². The van der Waals surface area contributed by atoms with E-state index in [2.05, 4.69) is 5.32 Å². The van der Waals surface area contributed by atoms with Gasteiger partial charge in [0.05, 0.1) is 30.3 Å². The number of carbonyl (C=O) groups is 3. The van der Waals surface area contributed by atoms with Crippen LogP contribution in [-0.4, -0.2) is 42.8 Å². The molecule has 1 aliphatic rings. The van der Waals surface area contributed by atoms with Crippen LogP contribution in [0.3, 0.4) is 0 Å². The predicted molar refractivity (Wildman–Crippen MR) is 104 cm³/mol. The van der Waals surface area contributed by atoms with Crippen LogP contribution in [0.4, 0.5) is 0 Å². The molecule has 0 saturated carbocycles. The zero-order valence-corrected chi connectivity index (χ0v) is 16.9. The van der Waals surface area contributed by atoms with E-state index < -0.39 is 30.4 Å². The average Bonchev–Trinajstić information content (AvgIpc) is 2.66. The quantitative estimate of drug-likeness (QED) is 0.637. The van der Waals surface area contributed by atoms with Gasteiger partial charge in [0.15, 0.2) is 6.61 Å². The Hall–Kier alpha value is -3.29. The van der Waals surface area contributed by atoms with E-state index in [1.165, 1.54) is 0 Å². The lowest BCUT2D eigenvalue weighted by atomic mass is 9.80. The Bertz CT molecular complexity index is 812. The first-order valence-corrected chi connectivity index (χ1v) is 9.27. The number of nitrogens with one attached hydrogen (secondary N) is 1. The van der Waals surface area contributed by atoms with Gasteiger partial charge in [-0.1, -0.05) is 12.1 Å². The monoisotopic (exact) mass is 403 g/mol. The van der Waals surface area contributed by atoms with Crippen LogP contribution < -0.4 is 10.1 Å². The third kappa shape index (κ3) is 5.16. The van der Waals surface area contributed by atoms with Gasteiger partial charge in [0, 0.05) is 11.4 Å². The minimum absolute atomic E-state index is 0.196. The topological polar surface area (TPSA) is 111 Å². The lowest BCUT2D eigenvalue weighted by molar-refractivity contribution is -0.140. The zero-order valence-electron chi connectivity index (χ0n) is 16.9. The summed E-state index contributed by atoms with van der Waals surface area (Å²) in [7, 11) is 0. The maximum Gasteiger partial charge on any atom is 0.341 e. The van der Waals surface area contributed by atoms with Crippen molar-refractivity contribution in [3.8, 4) is 5.75 Å². The highest BCUT2D eigenvalue weighted by Gasteiger charge is 2.37. The molecule has 0 atom stereocenters. The van der Waals surface area contributed by atoms with Gasteiger partial charge in [0.2, 0.25) is 0 Å². The fourth-order valence-electron chi connectivity index (χ4n) is 3.19. The number of hydrogen-bond donors (Lipinski definition) is 2. The molecule has 1 aromatic carbocycles. The Morgan fingerprint density at radius 3 is 1.83 bits per heavy atom. The van der Waals surface area contributed by atoms with Crippen LogP contribution in [0.2, 0.25) is 0 Å². The maximum absolute atomic E-state index is 12.7. The fourth-order valence-corrected chi connectivity index (χ4v) is 3.19. The Morgan fingerprint density at radius 2 is 1.41 bits per heavy atom. The summed E-state index contributed by atoms with van der Waals surface area (Å²) in [6.45, 7) is 6.84. The SMILES string of the molecule is CCOC(=O)C1=C(C)NC(C)=C(C(=O)OCC)C1c1ccc(OCC(=O)O)cc1. The van der Waals surface area contributed by atoms with Crippen LogP contribution in [0, 0.1) is 0 Å². The van der Waals surface area contributed by atoms with Gasteiger partial charge in [-0.15, -0.1) is 0 Å². The van der Waals surface area contributed by atoms with Crippen LogP contribution >= 0.6 is 0 Å². The van der Waals surface area contributed by atoms with Crippen molar-refractivity contribution in [1.29, 1.82) is 0 Å². The molecule has 0 fully saturated rings. The van der Waals surface area contributed by atoms with E-state index in [4.69, 9.17) is 19.3 Å². The lowest BCUT2D eigenvalue weighted by Crippen LogP contribution is -2.32. The molecule has 0 saturated heterocycles. The molecular formula is C21H25NO7. The lowest BCUT2D eigenvalue weighted by Gasteiger charge is -2.30. The van der Waals surface area contributed by atoms with E-state index >= 15 is 0 Å². The summed E-state index contributed by atoms with van der Waals surface area (Å²) in [4.78, 5) is 36.0. The number of benzene rings is 1. The van der Waals surface area contributed by atoms with Gasteiger partial charge >= 0.3 is 17.9 Å². The van der Waals surface area contributed by atoms with Gasteiger partial charge in [-0.05, 0) is 45.4 Å². The largest absolute Gasteiger partial charge is 0.482 e. The van der Waals surface area contributed by atoms with Crippen molar-refractivity contribution in [2.75, 3.05) is 19.8 Å². The first-order chi connectivity index (χ1) is 13.8. The summed E-state index contributed by atoms with van der Waals surface area (Å²) in [5.41, 5.74) is 2.47. The molecule has 0 amide bonds. The van der Waals surface area contributed by atoms with Gasteiger partial charge in [0.1, 0.15) is 5.75 Å². The minimum atomic E-state index is -1.08. The van der Waals surface area contributed by atoms with Crippen LogP contribution in [0.1, 0.15) is 39.2 Å². The number of esters is 2. The summed E-state index contributed by atoms with van der Waals surface area (Å²) < 4.78 is 15.6. The number of carboxylic acid groups (broad SMARTS) is 1. The number of allylic oxidation sites excluding steroid dienone is 2. The van der Waals surface area contributed by atoms with E-state index in [0.717, 1.165) is 0 Å². The smallest absolute Gasteiger partial charge is 0.341 e. The summed E-state index contributed by atoms with van der Waals surface area (Å²) in [6.07, 6.45) is 0. The molecule has 1 aliphatic heterocycles. The Morgan fingerprint density at radius 1 is 0.931 bits per heavy atom. The van der Waals surface area contributed by atoms with Crippen LogP contribution in [0.15, 0.2) is 46.8 Å². The standard InChI is InChI=1S/C21H25NO7/c1-5-27-20(25)17-12(3)22-13(4)18(21(26)28-6-2)19(17)14-7-9-15(10-8-14)29-11-16(23)24/h7-10,19,22H,5-6,11H2,1-4H3,(H,23,24). The first-order valence-electron chi connectivity index (χ1n) is 9.27. The van der Waals surface area contributed by atoms with Crippen molar-refractivity contribution in [3.05, 3.63) is 52.4 Å². The van der Waals surface area contributed by atoms with Crippen molar-refractivity contribution in [1.82, 2.24) is 5.32 Å². The van der Waals surface area contributed by atoms with Gasteiger partial charge in [-0.2, -0.15) is 0 Å². The second kappa shape index (κ2) is 9.77. The summed E-state index contributed by atoms with van der Waals surface area (Å²) in [6, 6.07) is 6.56. The maximum atomic E-state index is 12.7. The highest BCUT2D eigenvalue weighted by molar-refractivity contribution is 5.99. The average molecular weight is 403 g/mol. The molecular weight excluding hydrogens is 378 g/mol. The molecule has 2 N–H and O–H groups in total. The molecule has 1 heterocycles. The van der Waals surface area contributed by atoms with E-state index in [9.17, 15) is 14.4 Å². The van der Waals surface area contributed by atoms with E-state index in [0.29, 0.717) is 33.9 Å². The number of aliphatic carboxylic acids is 1. The van der Waals surface area contributed by atoms with Crippen molar-refractivity contribution in [2.24, 2.45) is 0 Å². The molecule has 1 aromatic rings. The molecule has 0 spiro atoms. The Balaban J connectivity index is 2.51. The molecule has 8 heteroatoms. The number of rotatable bonds is 8. The van der Waals surface area contributed by atoms with E-state index in [1.54, 1.807) is 52.0 Å². The van der Waals surface area contributed by atoms with Crippen LogP contribution in [0.25, 0.3) is 0 Å². The molecule has 29 heavy (non-hydrogen) atoms. The molecule has 0 bridgehead atoms. The second-order valence-corrected chi connectivity index (χ2v) is 6.33. The number of ether oxygens (including phenoxy) is 3. The molecule has 2 rings (SSSR count). The van der Waals surface area contributed by atoms with E-state index in [-0.39, 0.29) is 13.2 Å². The van der Waals surface area contributed by atoms with Crippen molar-refractivity contribution >= 4 is 17.9 Å². The summed E-state index contributed by atoms with van der Waals surface area (Å²) in [5.74, 6) is -2.46. The molecule has 0 aromatic heterocycles. The van der Waals surface area contributed by atoms with Gasteiger partial charge < -0.3 is 24.6 Å². The number of dihydropyridines is 1. The predicted octanol–water partition coefficient (Wildman–Crippen LogP) is 2.51. The number of carboxylic acids is 1. The van der Waals surface area contributed by atoms with Crippen LogP contribution in [-0.2, 0) is 23.9 Å². The van der Waals surface area contributed by atoms with Crippen molar-refractivity contribution in [2.45, 2.75) is 33.6 Å². The molecule has 156 valence electrons. The van der Waals surface area contributed by atoms with E-state index in [1.807, 2.05) is 0 Å². The number of hydrogen-bond acceptors (Lipinski definition) is 7.